The second-order valence-electron chi connectivity index (χ2n) is 3.15. The van der Waals surface area contributed by atoms with Crippen LogP contribution in [0, 0.1) is 12.3 Å². The quantitative estimate of drug-likeness (QED) is 0.682. The molecule has 2 nitrogen and oxygen atoms in total. The lowest BCUT2D eigenvalue weighted by Crippen LogP contribution is -2.18. The second kappa shape index (κ2) is 5.43. The summed E-state index contributed by atoms with van der Waals surface area (Å²) in [4.78, 5) is 11.3. The molecule has 1 unspecified atom stereocenters. The number of benzene rings is 1. The maximum absolute atomic E-state index is 11.3. The number of hydrogen-bond donors (Lipinski definition) is 0. The standard InChI is InChI=1S/C12H15O2/c1-3-11(12(13)14-2)9-10-7-5-4-6-8-10/h3-8,11H,9H2,1-2H3. The number of ether oxygens (including phenoxy) is 1. The fourth-order valence-electron chi connectivity index (χ4n) is 1.36. The molecule has 0 fully saturated rings. The van der Waals surface area contributed by atoms with Crippen LogP contribution in [0.3, 0.4) is 0 Å². The molecular formula is C12H15O2. The van der Waals surface area contributed by atoms with E-state index in [0.717, 1.165) is 5.56 Å². The van der Waals surface area contributed by atoms with E-state index < -0.39 is 0 Å². The van der Waals surface area contributed by atoms with E-state index in [1.165, 1.54) is 7.11 Å². The first-order valence-electron chi connectivity index (χ1n) is 4.69. The fourth-order valence-corrected chi connectivity index (χ4v) is 1.36. The van der Waals surface area contributed by atoms with Crippen molar-refractivity contribution in [1.82, 2.24) is 0 Å². The van der Waals surface area contributed by atoms with Crippen molar-refractivity contribution in [3.8, 4) is 0 Å². The van der Waals surface area contributed by atoms with Gasteiger partial charge in [-0.05, 0) is 18.4 Å². The monoisotopic (exact) mass is 191 g/mol. The van der Waals surface area contributed by atoms with Gasteiger partial charge in [-0.15, -0.1) is 0 Å². The third-order valence-electron chi connectivity index (χ3n) is 2.20. The van der Waals surface area contributed by atoms with Gasteiger partial charge in [-0.1, -0.05) is 37.3 Å². The zero-order valence-electron chi connectivity index (χ0n) is 8.57. The Bertz CT molecular complexity index is 280. The van der Waals surface area contributed by atoms with Crippen LogP contribution in [0.5, 0.6) is 0 Å². The predicted molar refractivity (Wildman–Crippen MR) is 55.6 cm³/mol. The van der Waals surface area contributed by atoms with E-state index in [0.29, 0.717) is 6.42 Å². The minimum Gasteiger partial charge on any atom is -0.469 e. The van der Waals surface area contributed by atoms with Crippen molar-refractivity contribution in [2.24, 2.45) is 5.92 Å². The molecule has 1 radical (unpaired) electrons. The van der Waals surface area contributed by atoms with E-state index in [2.05, 4.69) is 0 Å². The van der Waals surface area contributed by atoms with Crippen LogP contribution >= 0.6 is 0 Å². The van der Waals surface area contributed by atoms with Crippen LogP contribution in [0.4, 0.5) is 0 Å². The first-order valence-corrected chi connectivity index (χ1v) is 4.69. The van der Waals surface area contributed by atoms with Gasteiger partial charge in [-0.3, -0.25) is 4.79 Å². The van der Waals surface area contributed by atoms with Crippen molar-refractivity contribution in [3.05, 3.63) is 42.3 Å². The van der Waals surface area contributed by atoms with Gasteiger partial charge in [0.1, 0.15) is 0 Å². The number of carbonyl (C=O) groups excluding carboxylic acids is 1. The van der Waals surface area contributed by atoms with Crippen LogP contribution in [-0.4, -0.2) is 13.1 Å². The molecule has 0 N–H and O–H groups in total. The lowest BCUT2D eigenvalue weighted by molar-refractivity contribution is -0.144. The van der Waals surface area contributed by atoms with Crippen molar-refractivity contribution in [2.45, 2.75) is 13.3 Å². The van der Waals surface area contributed by atoms with Crippen molar-refractivity contribution >= 4 is 5.97 Å². The Kier molecular flexibility index (Phi) is 4.17. The van der Waals surface area contributed by atoms with Crippen LogP contribution in [0.25, 0.3) is 0 Å². The zero-order valence-corrected chi connectivity index (χ0v) is 8.57. The van der Waals surface area contributed by atoms with Gasteiger partial charge in [-0.25, -0.2) is 0 Å². The Morgan fingerprint density at radius 1 is 1.43 bits per heavy atom. The van der Waals surface area contributed by atoms with E-state index in [-0.39, 0.29) is 11.9 Å². The van der Waals surface area contributed by atoms with Crippen LogP contribution in [0.2, 0.25) is 0 Å². The van der Waals surface area contributed by atoms with Gasteiger partial charge in [0, 0.05) is 0 Å². The number of rotatable bonds is 4. The largest absolute Gasteiger partial charge is 0.469 e. The summed E-state index contributed by atoms with van der Waals surface area (Å²) in [5, 5.41) is 0. The number of esters is 1. The summed E-state index contributed by atoms with van der Waals surface area (Å²) in [5.41, 5.74) is 1.15. The Labute approximate surface area is 84.9 Å². The molecule has 0 aliphatic carbocycles. The molecular weight excluding hydrogens is 176 g/mol. The third-order valence-corrected chi connectivity index (χ3v) is 2.20. The molecule has 2 heteroatoms. The SMILES string of the molecule is C[CH]C(Cc1ccccc1)C(=O)OC. The van der Waals surface area contributed by atoms with E-state index >= 15 is 0 Å². The number of methoxy groups -OCH3 is 1. The molecule has 0 aliphatic heterocycles. The van der Waals surface area contributed by atoms with E-state index in [9.17, 15) is 4.79 Å². The van der Waals surface area contributed by atoms with Gasteiger partial charge in [-0.2, -0.15) is 0 Å². The van der Waals surface area contributed by atoms with E-state index in [4.69, 9.17) is 4.74 Å². The van der Waals surface area contributed by atoms with Gasteiger partial charge in [0.05, 0.1) is 13.0 Å². The lowest BCUT2D eigenvalue weighted by atomic mass is 9.97. The summed E-state index contributed by atoms with van der Waals surface area (Å²) < 4.78 is 4.71. The number of hydrogen-bond acceptors (Lipinski definition) is 2. The normalized spacial score (nSPS) is 12.1. The second-order valence-corrected chi connectivity index (χ2v) is 3.15. The summed E-state index contributed by atoms with van der Waals surface area (Å²) in [5.74, 6) is -0.307. The molecule has 14 heavy (non-hydrogen) atoms. The van der Waals surface area contributed by atoms with Crippen LogP contribution in [0.1, 0.15) is 12.5 Å². The summed E-state index contributed by atoms with van der Waals surface area (Å²) in [6.07, 6.45) is 2.59. The molecule has 0 amide bonds. The highest BCUT2D eigenvalue weighted by Crippen LogP contribution is 2.12. The van der Waals surface area contributed by atoms with Crippen molar-refractivity contribution < 1.29 is 9.53 Å². The highest BCUT2D eigenvalue weighted by molar-refractivity contribution is 5.74. The fraction of sp³-hybridized carbons (Fsp3) is 0.333. The molecule has 1 rings (SSSR count). The maximum Gasteiger partial charge on any atom is 0.309 e. The molecule has 1 aromatic carbocycles. The lowest BCUT2D eigenvalue weighted by Gasteiger charge is -2.11. The number of carbonyl (C=O) groups is 1. The molecule has 0 spiro atoms. The molecule has 0 bridgehead atoms. The average molecular weight is 191 g/mol. The highest BCUT2D eigenvalue weighted by atomic mass is 16.5. The highest BCUT2D eigenvalue weighted by Gasteiger charge is 2.17. The molecule has 1 aromatic rings. The minimum absolute atomic E-state index is 0.137. The van der Waals surface area contributed by atoms with Gasteiger partial charge in [0.2, 0.25) is 0 Å². The molecule has 0 aromatic heterocycles. The molecule has 0 saturated heterocycles. The topological polar surface area (TPSA) is 26.3 Å². The van der Waals surface area contributed by atoms with E-state index in [1.807, 2.05) is 43.7 Å². The van der Waals surface area contributed by atoms with Gasteiger partial charge in [0.15, 0.2) is 0 Å². The summed E-state index contributed by atoms with van der Waals surface area (Å²) in [6, 6.07) is 9.93. The Morgan fingerprint density at radius 3 is 2.57 bits per heavy atom. The molecule has 75 valence electrons. The van der Waals surface area contributed by atoms with Crippen molar-refractivity contribution in [2.75, 3.05) is 7.11 Å². The van der Waals surface area contributed by atoms with Crippen LogP contribution in [0.15, 0.2) is 30.3 Å². The molecule has 1 atom stereocenters. The molecule has 0 heterocycles. The Morgan fingerprint density at radius 2 is 2.07 bits per heavy atom. The van der Waals surface area contributed by atoms with Gasteiger partial charge in [0.25, 0.3) is 0 Å². The summed E-state index contributed by atoms with van der Waals surface area (Å²) in [7, 11) is 1.42. The Hall–Kier alpha value is -1.31. The smallest absolute Gasteiger partial charge is 0.309 e. The first kappa shape index (κ1) is 10.8. The average Bonchev–Trinajstić information content (AvgIpc) is 2.26. The third kappa shape index (κ3) is 2.87. The van der Waals surface area contributed by atoms with Gasteiger partial charge < -0.3 is 4.74 Å². The van der Waals surface area contributed by atoms with E-state index in [1.54, 1.807) is 0 Å². The predicted octanol–water partition coefficient (Wildman–Crippen LogP) is 2.24. The summed E-state index contributed by atoms with van der Waals surface area (Å²) >= 11 is 0. The van der Waals surface area contributed by atoms with Gasteiger partial charge >= 0.3 is 5.97 Å². The van der Waals surface area contributed by atoms with Crippen LogP contribution in [-0.2, 0) is 16.0 Å². The molecule has 0 saturated carbocycles. The van der Waals surface area contributed by atoms with Crippen molar-refractivity contribution in [3.63, 3.8) is 0 Å². The first-order chi connectivity index (χ1) is 6.77. The van der Waals surface area contributed by atoms with Crippen molar-refractivity contribution in [1.29, 1.82) is 0 Å². The molecule has 0 aliphatic rings. The maximum atomic E-state index is 11.3. The zero-order chi connectivity index (χ0) is 10.4. The minimum atomic E-state index is -0.170. The van der Waals surface area contributed by atoms with Crippen LogP contribution < -0.4 is 0 Å². The Balaban J connectivity index is 2.62. The summed E-state index contributed by atoms with van der Waals surface area (Å²) in [6.45, 7) is 1.88.